The van der Waals surface area contributed by atoms with Crippen molar-refractivity contribution in [3.8, 4) is 0 Å². The molecule has 8 nitrogen and oxygen atoms in total. The molecule has 1 aromatic rings. The Bertz CT molecular complexity index is 919. The lowest BCUT2D eigenvalue weighted by molar-refractivity contribution is -0.0550. The van der Waals surface area contributed by atoms with Gasteiger partial charge in [-0.1, -0.05) is 53.1 Å². The maximum absolute atomic E-state index is 12.6. The monoisotopic (exact) mass is 520 g/mol. The molecule has 0 spiro atoms. The van der Waals surface area contributed by atoms with E-state index in [1.165, 1.54) is 16.8 Å². The van der Waals surface area contributed by atoms with Crippen LogP contribution in [0.2, 0.25) is 36.3 Å². The van der Waals surface area contributed by atoms with Gasteiger partial charge in [0.25, 0.3) is 5.56 Å². The van der Waals surface area contributed by atoms with Crippen molar-refractivity contribution in [2.24, 2.45) is 0 Å². The predicted molar refractivity (Wildman–Crippen MR) is 136 cm³/mol. The molecule has 0 saturated carbocycles. The molecule has 0 bridgehead atoms. The summed E-state index contributed by atoms with van der Waals surface area (Å²) in [6.07, 6.45) is -0.976. The van der Waals surface area contributed by atoms with Crippen LogP contribution in [0.25, 0.3) is 0 Å². The first-order chi connectivity index (χ1) is 14.9. The van der Waals surface area contributed by atoms with Gasteiger partial charge in [-0.2, -0.15) is 0 Å². The molecule has 2 heterocycles. The van der Waals surface area contributed by atoms with Crippen LogP contribution in [0.1, 0.15) is 47.8 Å². The molecule has 2 rings (SSSR count). The van der Waals surface area contributed by atoms with Crippen molar-refractivity contribution in [3.63, 3.8) is 0 Å². The number of hydrogen-bond donors (Lipinski definition) is 1. The normalized spacial score (nSPS) is 24.9. The third-order valence-electron chi connectivity index (χ3n) is 7.32. The average Bonchev–Trinajstić information content (AvgIpc) is 2.95. The summed E-state index contributed by atoms with van der Waals surface area (Å²) in [5.41, 5.74) is -1.03. The van der Waals surface area contributed by atoms with Gasteiger partial charge in [0.2, 0.25) is 0 Å². The number of rotatable bonds is 8. The Morgan fingerprint density at radius 1 is 1.03 bits per heavy atom. The van der Waals surface area contributed by atoms with Crippen molar-refractivity contribution in [2.45, 2.75) is 102 Å². The molecule has 0 aliphatic carbocycles. The zero-order chi connectivity index (χ0) is 25.4. The van der Waals surface area contributed by atoms with Crippen LogP contribution < -0.4 is 11.2 Å². The lowest BCUT2D eigenvalue weighted by atomic mass is 10.1. The second-order valence-electron chi connectivity index (χ2n) is 11.7. The van der Waals surface area contributed by atoms with Gasteiger partial charge in [-0.05, 0) is 36.3 Å². The Balaban J connectivity index is 2.47. The number of halogens is 1. The molecule has 0 radical (unpaired) electrons. The van der Waals surface area contributed by atoms with Gasteiger partial charge in [0.15, 0.2) is 22.9 Å². The van der Waals surface area contributed by atoms with E-state index >= 15 is 0 Å². The lowest BCUT2D eigenvalue weighted by Crippen LogP contribution is -2.51. The maximum atomic E-state index is 12.6. The van der Waals surface area contributed by atoms with Gasteiger partial charge >= 0.3 is 5.69 Å². The fraction of sp³-hybridized carbons (Fsp3) is 0.818. The zero-order valence-corrected chi connectivity index (χ0v) is 24.4. The fourth-order valence-electron chi connectivity index (χ4n) is 3.12. The molecule has 190 valence electrons. The SMILES string of the molecule is CC(C)(C)[Si](C)(C)OC[C@H]1O[C@@H](n2ccc(=O)[nH]c2=O)C(O[Si](C)(C)C(C)(C)C)C1OCCl. The number of hydrogen-bond acceptors (Lipinski definition) is 6. The first kappa shape index (κ1) is 28.5. The average molecular weight is 521 g/mol. The van der Waals surface area contributed by atoms with Gasteiger partial charge in [0.1, 0.15) is 24.4 Å². The highest BCUT2D eigenvalue weighted by molar-refractivity contribution is 6.74. The molecule has 0 aromatic carbocycles. The molecule has 1 N–H and O–H groups in total. The van der Waals surface area contributed by atoms with E-state index in [0.717, 1.165) is 0 Å². The summed E-state index contributed by atoms with van der Waals surface area (Å²) in [6, 6.07) is 1.25. The van der Waals surface area contributed by atoms with Crippen molar-refractivity contribution < 1.29 is 18.3 Å². The Morgan fingerprint density at radius 2 is 1.61 bits per heavy atom. The standard InChI is InChI=1S/C22H41ClN2O6Si2/c1-21(2,3)32(7,8)29-13-15-17(28-14-23)18(31-33(9,10)22(4,5)6)19(30-15)25-12-11-16(26)24-20(25)27/h11-12,15,17-19H,13-14H2,1-10H3,(H,24,26,27)/t15-,17?,18?,19-/m1/s1. The number of nitrogens with zero attached hydrogens (tertiary/aromatic N) is 1. The molecule has 11 heteroatoms. The highest BCUT2D eigenvalue weighted by atomic mass is 35.5. The summed E-state index contributed by atoms with van der Waals surface area (Å²) in [5.74, 6) is 0. The van der Waals surface area contributed by atoms with Crippen LogP contribution in [0.15, 0.2) is 21.9 Å². The minimum absolute atomic E-state index is 0.0285. The highest BCUT2D eigenvalue weighted by Gasteiger charge is 2.52. The Kier molecular flexibility index (Phi) is 8.70. The fourth-order valence-corrected chi connectivity index (χ4v) is 5.56. The molecule has 0 amide bonds. The summed E-state index contributed by atoms with van der Waals surface area (Å²) in [4.78, 5) is 26.6. The largest absolute Gasteiger partial charge is 0.414 e. The Labute approximate surface area is 204 Å². The Morgan fingerprint density at radius 3 is 2.09 bits per heavy atom. The van der Waals surface area contributed by atoms with Crippen LogP contribution in [0.5, 0.6) is 0 Å². The molecular weight excluding hydrogens is 480 g/mol. The van der Waals surface area contributed by atoms with Gasteiger partial charge in [-0.15, -0.1) is 0 Å². The van der Waals surface area contributed by atoms with E-state index in [4.69, 9.17) is 29.9 Å². The van der Waals surface area contributed by atoms with Crippen LogP contribution in [0.4, 0.5) is 0 Å². The van der Waals surface area contributed by atoms with Gasteiger partial charge in [-0.3, -0.25) is 14.3 Å². The molecule has 1 aliphatic heterocycles. The summed E-state index contributed by atoms with van der Waals surface area (Å²) in [5, 5.41) is -0.0461. The molecule has 1 aromatic heterocycles. The number of alkyl halides is 1. The smallest absolute Gasteiger partial charge is 0.330 e. The highest BCUT2D eigenvalue weighted by Crippen LogP contribution is 2.43. The van der Waals surface area contributed by atoms with Crippen molar-refractivity contribution in [1.29, 1.82) is 0 Å². The van der Waals surface area contributed by atoms with Crippen molar-refractivity contribution in [3.05, 3.63) is 33.1 Å². The van der Waals surface area contributed by atoms with E-state index in [0.29, 0.717) is 6.61 Å². The van der Waals surface area contributed by atoms with Gasteiger partial charge in [-0.25, -0.2) is 4.79 Å². The molecule has 1 fully saturated rings. The van der Waals surface area contributed by atoms with Crippen LogP contribution in [0, 0.1) is 0 Å². The second-order valence-corrected chi connectivity index (χ2v) is 21.5. The van der Waals surface area contributed by atoms with E-state index in [1.54, 1.807) is 0 Å². The topological polar surface area (TPSA) is 91.8 Å². The number of aromatic amines is 1. The number of nitrogens with one attached hydrogen (secondary N) is 1. The second kappa shape index (κ2) is 10.1. The summed E-state index contributed by atoms with van der Waals surface area (Å²) >= 11 is 6.01. The number of aromatic nitrogens is 2. The number of ether oxygens (including phenoxy) is 2. The third kappa shape index (κ3) is 6.47. The van der Waals surface area contributed by atoms with Gasteiger partial charge < -0.3 is 18.3 Å². The molecule has 1 aliphatic rings. The zero-order valence-electron chi connectivity index (χ0n) is 21.7. The van der Waals surface area contributed by atoms with Crippen LogP contribution in [-0.2, 0) is 18.3 Å². The third-order valence-corrected chi connectivity index (χ3v) is 16.4. The first-order valence-electron chi connectivity index (χ1n) is 11.4. The first-order valence-corrected chi connectivity index (χ1v) is 17.7. The van der Waals surface area contributed by atoms with E-state index in [1.807, 2.05) is 0 Å². The number of H-pyrrole nitrogens is 1. The summed E-state index contributed by atoms with van der Waals surface area (Å²) < 4.78 is 26.8. The van der Waals surface area contributed by atoms with Crippen LogP contribution in [0.3, 0.4) is 0 Å². The van der Waals surface area contributed by atoms with E-state index in [9.17, 15) is 9.59 Å². The summed E-state index contributed by atoms with van der Waals surface area (Å²) in [7, 11) is -4.35. The van der Waals surface area contributed by atoms with E-state index < -0.39 is 52.4 Å². The van der Waals surface area contributed by atoms with Gasteiger partial charge in [0, 0.05) is 12.3 Å². The van der Waals surface area contributed by atoms with Crippen molar-refractivity contribution >= 4 is 28.2 Å². The van der Waals surface area contributed by atoms with Crippen LogP contribution >= 0.6 is 11.6 Å². The minimum atomic E-state index is -2.29. The maximum Gasteiger partial charge on any atom is 0.330 e. The molecular formula is C22H41ClN2O6Si2. The summed E-state index contributed by atoms with van der Waals surface area (Å²) in [6.45, 7) is 21.9. The van der Waals surface area contributed by atoms with E-state index in [2.05, 4.69) is 72.7 Å². The minimum Gasteiger partial charge on any atom is -0.414 e. The lowest BCUT2D eigenvalue weighted by Gasteiger charge is -2.40. The van der Waals surface area contributed by atoms with Crippen molar-refractivity contribution in [2.75, 3.05) is 12.7 Å². The van der Waals surface area contributed by atoms with E-state index in [-0.39, 0.29) is 16.1 Å². The molecule has 33 heavy (non-hydrogen) atoms. The van der Waals surface area contributed by atoms with Crippen molar-refractivity contribution in [1.82, 2.24) is 9.55 Å². The van der Waals surface area contributed by atoms with Crippen LogP contribution in [-0.4, -0.2) is 57.2 Å². The Hall–Kier alpha value is -0.756. The predicted octanol–water partition coefficient (Wildman–Crippen LogP) is 4.43. The van der Waals surface area contributed by atoms with Gasteiger partial charge in [0.05, 0.1) is 6.61 Å². The molecule has 1 saturated heterocycles. The molecule has 2 unspecified atom stereocenters. The molecule has 4 atom stereocenters. The quantitative estimate of drug-likeness (QED) is 0.402.